The summed E-state index contributed by atoms with van der Waals surface area (Å²) < 4.78 is 5.96. The minimum atomic E-state index is -0.735. The SMILES string of the molecule is O=C(O)CCCCc1cccc(OCc2cccc3ncccc23)c1. The predicted octanol–water partition coefficient (Wildman–Crippen LogP) is 4.61. The predicted molar refractivity (Wildman–Crippen MR) is 97.7 cm³/mol. The fourth-order valence-electron chi connectivity index (χ4n) is 2.85. The van der Waals surface area contributed by atoms with Crippen LogP contribution < -0.4 is 4.74 Å². The molecule has 0 aliphatic rings. The van der Waals surface area contributed by atoms with Crippen LogP contribution in [0.2, 0.25) is 0 Å². The molecule has 3 aromatic rings. The van der Waals surface area contributed by atoms with Gasteiger partial charge in [0.05, 0.1) is 5.52 Å². The van der Waals surface area contributed by atoms with E-state index in [0.29, 0.717) is 13.0 Å². The molecule has 4 heteroatoms. The number of benzene rings is 2. The molecule has 0 atom stereocenters. The fourth-order valence-corrected chi connectivity index (χ4v) is 2.85. The first-order valence-electron chi connectivity index (χ1n) is 8.48. The lowest BCUT2D eigenvalue weighted by Gasteiger charge is -2.10. The van der Waals surface area contributed by atoms with Crippen molar-refractivity contribution in [2.45, 2.75) is 32.3 Å². The first-order chi connectivity index (χ1) is 12.2. The number of aryl methyl sites for hydroxylation is 1. The summed E-state index contributed by atoms with van der Waals surface area (Å²) in [6, 6.07) is 18.0. The minimum absolute atomic E-state index is 0.227. The molecule has 0 radical (unpaired) electrons. The zero-order chi connectivity index (χ0) is 17.5. The zero-order valence-electron chi connectivity index (χ0n) is 14.0. The third-order valence-electron chi connectivity index (χ3n) is 4.13. The van der Waals surface area contributed by atoms with Crippen molar-refractivity contribution < 1.29 is 14.6 Å². The topological polar surface area (TPSA) is 59.4 Å². The van der Waals surface area contributed by atoms with E-state index >= 15 is 0 Å². The molecule has 0 bridgehead atoms. The number of pyridine rings is 1. The number of carboxylic acid groups (broad SMARTS) is 1. The summed E-state index contributed by atoms with van der Waals surface area (Å²) in [5.41, 5.74) is 3.25. The van der Waals surface area contributed by atoms with E-state index in [4.69, 9.17) is 9.84 Å². The van der Waals surface area contributed by atoms with Crippen LogP contribution in [0, 0.1) is 0 Å². The summed E-state index contributed by atoms with van der Waals surface area (Å²) in [5, 5.41) is 9.79. The van der Waals surface area contributed by atoms with E-state index in [9.17, 15) is 4.79 Å². The largest absolute Gasteiger partial charge is 0.489 e. The maximum atomic E-state index is 10.6. The average Bonchev–Trinajstić information content (AvgIpc) is 2.64. The second kappa shape index (κ2) is 8.29. The lowest BCUT2D eigenvalue weighted by molar-refractivity contribution is -0.137. The van der Waals surface area contributed by atoms with E-state index in [2.05, 4.69) is 23.2 Å². The third kappa shape index (κ3) is 4.80. The minimum Gasteiger partial charge on any atom is -0.489 e. The Morgan fingerprint density at radius 1 is 1.04 bits per heavy atom. The molecule has 0 spiro atoms. The Labute approximate surface area is 147 Å². The molecule has 0 saturated heterocycles. The van der Waals surface area contributed by atoms with Crippen molar-refractivity contribution in [2.24, 2.45) is 0 Å². The molecule has 0 aliphatic heterocycles. The normalized spacial score (nSPS) is 10.7. The van der Waals surface area contributed by atoms with E-state index in [1.165, 1.54) is 5.56 Å². The molecule has 128 valence electrons. The van der Waals surface area contributed by atoms with Crippen molar-refractivity contribution in [1.82, 2.24) is 4.98 Å². The standard InChI is InChI=1S/C21H21NO3/c23-21(24)12-2-1-6-16-7-3-9-18(14-16)25-15-17-8-4-11-20-19(17)10-5-13-22-20/h3-5,7-11,13-14H,1-2,6,12,15H2,(H,23,24). The number of rotatable bonds is 8. The summed E-state index contributed by atoms with van der Waals surface area (Å²) in [5.74, 6) is 0.0956. The Hall–Kier alpha value is -2.88. The van der Waals surface area contributed by atoms with Crippen LogP contribution >= 0.6 is 0 Å². The number of aromatic nitrogens is 1. The quantitative estimate of drug-likeness (QED) is 0.611. The lowest BCUT2D eigenvalue weighted by atomic mass is 10.1. The highest BCUT2D eigenvalue weighted by atomic mass is 16.5. The van der Waals surface area contributed by atoms with Crippen molar-refractivity contribution in [3.8, 4) is 5.75 Å². The van der Waals surface area contributed by atoms with E-state index in [1.807, 2.05) is 36.4 Å². The molecule has 0 saturated carbocycles. The van der Waals surface area contributed by atoms with Crippen molar-refractivity contribution in [1.29, 1.82) is 0 Å². The summed E-state index contributed by atoms with van der Waals surface area (Å²) in [6.07, 6.45) is 4.45. The van der Waals surface area contributed by atoms with Gasteiger partial charge in [-0.2, -0.15) is 0 Å². The van der Waals surface area contributed by atoms with E-state index in [0.717, 1.165) is 35.1 Å². The first kappa shape index (κ1) is 17.0. The summed E-state index contributed by atoms with van der Waals surface area (Å²) in [4.78, 5) is 14.9. The van der Waals surface area contributed by atoms with Gasteiger partial charge in [-0.05, 0) is 54.7 Å². The number of unbranched alkanes of at least 4 members (excludes halogenated alkanes) is 1. The van der Waals surface area contributed by atoms with Gasteiger partial charge < -0.3 is 9.84 Å². The molecule has 1 heterocycles. The van der Waals surface area contributed by atoms with Gasteiger partial charge in [0.1, 0.15) is 12.4 Å². The molecular formula is C21H21NO3. The molecular weight excluding hydrogens is 314 g/mol. The van der Waals surface area contributed by atoms with Crippen molar-refractivity contribution in [2.75, 3.05) is 0 Å². The highest BCUT2D eigenvalue weighted by molar-refractivity contribution is 5.81. The highest BCUT2D eigenvalue weighted by Gasteiger charge is 2.04. The van der Waals surface area contributed by atoms with Crippen LogP contribution in [0.1, 0.15) is 30.4 Å². The molecule has 0 fully saturated rings. The number of hydrogen-bond donors (Lipinski definition) is 1. The zero-order valence-corrected chi connectivity index (χ0v) is 14.0. The Kier molecular flexibility index (Phi) is 5.62. The Balaban J connectivity index is 1.61. The second-order valence-electron chi connectivity index (χ2n) is 6.02. The molecule has 1 aromatic heterocycles. The summed E-state index contributed by atoms with van der Waals surface area (Å²) in [7, 11) is 0. The number of fused-ring (bicyclic) bond motifs is 1. The van der Waals surface area contributed by atoms with E-state index < -0.39 is 5.97 Å². The molecule has 0 unspecified atom stereocenters. The molecule has 0 amide bonds. The maximum absolute atomic E-state index is 10.6. The lowest BCUT2D eigenvalue weighted by Crippen LogP contribution is -1.98. The third-order valence-corrected chi connectivity index (χ3v) is 4.13. The highest BCUT2D eigenvalue weighted by Crippen LogP contribution is 2.20. The fraction of sp³-hybridized carbons (Fsp3) is 0.238. The molecule has 0 aliphatic carbocycles. The number of hydrogen-bond acceptors (Lipinski definition) is 3. The molecule has 4 nitrogen and oxygen atoms in total. The molecule has 3 rings (SSSR count). The Morgan fingerprint density at radius 3 is 2.80 bits per heavy atom. The Bertz CT molecular complexity index is 855. The molecule has 2 aromatic carbocycles. The average molecular weight is 335 g/mol. The number of ether oxygens (including phenoxy) is 1. The smallest absolute Gasteiger partial charge is 0.303 e. The van der Waals surface area contributed by atoms with Crippen LogP contribution in [0.25, 0.3) is 10.9 Å². The van der Waals surface area contributed by atoms with Gasteiger partial charge in [0, 0.05) is 18.0 Å². The van der Waals surface area contributed by atoms with Crippen LogP contribution in [0.3, 0.4) is 0 Å². The van der Waals surface area contributed by atoms with Gasteiger partial charge in [0.2, 0.25) is 0 Å². The van der Waals surface area contributed by atoms with Gasteiger partial charge in [-0.1, -0.05) is 30.3 Å². The molecule has 25 heavy (non-hydrogen) atoms. The number of nitrogens with zero attached hydrogens (tertiary/aromatic N) is 1. The molecule has 1 N–H and O–H groups in total. The van der Waals surface area contributed by atoms with Crippen molar-refractivity contribution >= 4 is 16.9 Å². The van der Waals surface area contributed by atoms with Crippen LogP contribution in [-0.4, -0.2) is 16.1 Å². The van der Waals surface area contributed by atoms with Gasteiger partial charge in [0.25, 0.3) is 0 Å². The van der Waals surface area contributed by atoms with Crippen LogP contribution in [0.15, 0.2) is 60.8 Å². The van der Waals surface area contributed by atoms with Crippen molar-refractivity contribution in [3.05, 3.63) is 71.9 Å². The number of carboxylic acids is 1. The van der Waals surface area contributed by atoms with E-state index in [-0.39, 0.29) is 6.42 Å². The van der Waals surface area contributed by atoms with Gasteiger partial charge in [0.15, 0.2) is 0 Å². The summed E-state index contributed by atoms with van der Waals surface area (Å²) in [6.45, 7) is 0.492. The van der Waals surface area contributed by atoms with Gasteiger partial charge in [-0.3, -0.25) is 9.78 Å². The van der Waals surface area contributed by atoms with Crippen molar-refractivity contribution in [3.63, 3.8) is 0 Å². The first-order valence-corrected chi connectivity index (χ1v) is 8.48. The second-order valence-corrected chi connectivity index (χ2v) is 6.02. The number of carbonyl (C=O) groups is 1. The maximum Gasteiger partial charge on any atom is 0.303 e. The van der Waals surface area contributed by atoms with Crippen LogP contribution in [0.5, 0.6) is 5.75 Å². The van der Waals surface area contributed by atoms with Gasteiger partial charge in [-0.15, -0.1) is 0 Å². The van der Waals surface area contributed by atoms with E-state index in [1.54, 1.807) is 6.20 Å². The van der Waals surface area contributed by atoms with Gasteiger partial charge >= 0.3 is 5.97 Å². The summed E-state index contributed by atoms with van der Waals surface area (Å²) >= 11 is 0. The number of aliphatic carboxylic acids is 1. The van der Waals surface area contributed by atoms with Crippen LogP contribution in [0.4, 0.5) is 0 Å². The Morgan fingerprint density at radius 2 is 1.92 bits per heavy atom. The monoisotopic (exact) mass is 335 g/mol. The van der Waals surface area contributed by atoms with Crippen LogP contribution in [-0.2, 0) is 17.8 Å². The van der Waals surface area contributed by atoms with Gasteiger partial charge in [-0.25, -0.2) is 0 Å².